The van der Waals surface area contributed by atoms with Crippen LogP contribution in [0.1, 0.15) is 75.2 Å². The van der Waals surface area contributed by atoms with Gasteiger partial charge in [0.2, 0.25) is 11.8 Å². The zero-order valence-electron chi connectivity index (χ0n) is 23.6. The second-order valence-electron chi connectivity index (χ2n) is 12.0. The molecule has 0 bridgehead atoms. The molecule has 0 unspecified atom stereocenters. The van der Waals surface area contributed by atoms with Crippen LogP contribution < -0.4 is 10.6 Å². The summed E-state index contributed by atoms with van der Waals surface area (Å²) in [7, 11) is 0. The maximum absolute atomic E-state index is 13.1. The fraction of sp³-hybridized carbons (Fsp3) is 0.731. The van der Waals surface area contributed by atoms with Gasteiger partial charge in [0.1, 0.15) is 28.9 Å². The average molecular weight is 526 g/mol. The van der Waals surface area contributed by atoms with E-state index in [-0.39, 0.29) is 19.0 Å². The van der Waals surface area contributed by atoms with Gasteiger partial charge in [0.25, 0.3) is 0 Å². The summed E-state index contributed by atoms with van der Waals surface area (Å²) in [5.74, 6) is -2.99. The minimum atomic E-state index is -1.31. The van der Waals surface area contributed by atoms with Gasteiger partial charge in [-0.25, -0.2) is 9.59 Å². The average Bonchev–Trinajstić information content (AvgIpc) is 2.66. The number of nitrogens with zero attached hydrogens (tertiary/aromatic N) is 1. The minimum absolute atomic E-state index is 0.235. The highest BCUT2D eigenvalue weighted by atomic mass is 16.6. The molecular weight excluding hydrogens is 482 g/mol. The van der Waals surface area contributed by atoms with Crippen molar-refractivity contribution in [1.29, 1.82) is 0 Å². The molecule has 0 aliphatic carbocycles. The van der Waals surface area contributed by atoms with E-state index in [2.05, 4.69) is 17.2 Å². The number of alkyl carbamates (subject to hydrolysis) is 1. The van der Waals surface area contributed by atoms with Crippen molar-refractivity contribution in [2.75, 3.05) is 13.1 Å². The summed E-state index contributed by atoms with van der Waals surface area (Å²) in [5.41, 5.74) is -2.38. The molecule has 37 heavy (non-hydrogen) atoms. The normalized spacial score (nSPS) is 19.4. The molecule has 3 atom stereocenters. The molecule has 1 fully saturated rings. The fourth-order valence-electron chi connectivity index (χ4n) is 3.51. The predicted octanol–water partition coefficient (Wildman–Crippen LogP) is 2.47. The van der Waals surface area contributed by atoms with E-state index in [0.717, 1.165) is 0 Å². The molecule has 1 aliphatic rings. The monoisotopic (exact) mass is 525 g/mol. The van der Waals surface area contributed by atoms with E-state index in [9.17, 15) is 24.0 Å². The summed E-state index contributed by atoms with van der Waals surface area (Å²) in [4.78, 5) is 64.7. The van der Waals surface area contributed by atoms with Crippen molar-refractivity contribution in [2.24, 2.45) is 5.92 Å². The van der Waals surface area contributed by atoms with E-state index in [1.807, 2.05) is 0 Å². The molecule has 0 saturated carbocycles. The van der Waals surface area contributed by atoms with Crippen molar-refractivity contribution in [3.63, 3.8) is 0 Å². The van der Waals surface area contributed by atoms with Crippen molar-refractivity contribution in [1.82, 2.24) is 15.5 Å². The topological polar surface area (TPSA) is 140 Å². The van der Waals surface area contributed by atoms with Crippen LogP contribution in [0.3, 0.4) is 0 Å². The number of nitrogens with one attached hydrogen (secondary N) is 2. The van der Waals surface area contributed by atoms with E-state index < -0.39 is 65.2 Å². The summed E-state index contributed by atoms with van der Waals surface area (Å²) < 4.78 is 15.9. The molecule has 1 aliphatic heterocycles. The molecule has 2 N–H and O–H groups in total. The van der Waals surface area contributed by atoms with Crippen molar-refractivity contribution in [3.05, 3.63) is 12.7 Å². The van der Waals surface area contributed by atoms with Crippen LogP contribution in [0.4, 0.5) is 4.79 Å². The first-order valence-electron chi connectivity index (χ1n) is 12.4. The third-order valence-electron chi connectivity index (χ3n) is 4.87. The van der Waals surface area contributed by atoms with Gasteiger partial charge in [0.05, 0.1) is 13.0 Å². The molecular formula is C26H43N3O8. The third kappa shape index (κ3) is 12.1. The summed E-state index contributed by atoms with van der Waals surface area (Å²) in [6, 6.07) is -2.27. The van der Waals surface area contributed by atoms with E-state index in [1.54, 1.807) is 68.4 Å². The Morgan fingerprint density at radius 2 is 1.51 bits per heavy atom. The number of likely N-dealkylation sites (tertiary alicyclic amines) is 1. The molecule has 1 saturated heterocycles. The summed E-state index contributed by atoms with van der Waals surface area (Å²) in [6.07, 6.45) is 0.840. The van der Waals surface area contributed by atoms with Crippen LogP contribution in [0.2, 0.25) is 0 Å². The van der Waals surface area contributed by atoms with E-state index in [4.69, 9.17) is 14.2 Å². The molecule has 3 amide bonds. The Bertz CT molecular complexity index is 880. The third-order valence-corrected chi connectivity index (χ3v) is 4.87. The number of carbonyl (C=O) groups excluding carboxylic acids is 5. The van der Waals surface area contributed by atoms with Crippen LogP contribution in [0.15, 0.2) is 12.7 Å². The van der Waals surface area contributed by atoms with Crippen LogP contribution in [0, 0.1) is 5.92 Å². The first-order valence-corrected chi connectivity index (χ1v) is 12.4. The molecule has 1 rings (SSSR count). The number of carbonyl (C=O) groups is 5. The van der Waals surface area contributed by atoms with Gasteiger partial charge in [-0.1, -0.05) is 6.08 Å². The Hall–Kier alpha value is -3.11. The van der Waals surface area contributed by atoms with Gasteiger partial charge in [-0.05, 0) is 68.7 Å². The smallest absolute Gasteiger partial charge is 0.408 e. The van der Waals surface area contributed by atoms with Crippen LogP contribution in [-0.4, -0.2) is 76.7 Å². The second kappa shape index (κ2) is 12.4. The van der Waals surface area contributed by atoms with Gasteiger partial charge in [-0.2, -0.15) is 0 Å². The van der Waals surface area contributed by atoms with Crippen LogP contribution in [-0.2, 0) is 33.4 Å². The predicted molar refractivity (Wildman–Crippen MR) is 136 cm³/mol. The number of ether oxygens (including phenoxy) is 3. The Balaban J connectivity index is 2.95. The van der Waals surface area contributed by atoms with Gasteiger partial charge >= 0.3 is 18.0 Å². The van der Waals surface area contributed by atoms with E-state index >= 15 is 0 Å². The Morgan fingerprint density at radius 3 is 2.00 bits per heavy atom. The highest BCUT2D eigenvalue weighted by molar-refractivity contribution is 5.93. The van der Waals surface area contributed by atoms with E-state index in [1.165, 1.54) is 4.90 Å². The van der Waals surface area contributed by atoms with Crippen molar-refractivity contribution in [2.45, 2.75) is 104 Å². The Kier molecular flexibility index (Phi) is 10.7. The Labute approximate surface area is 219 Å². The lowest BCUT2D eigenvalue weighted by atomic mass is 9.91. The summed E-state index contributed by atoms with van der Waals surface area (Å²) in [6.45, 7) is 18.8. The maximum Gasteiger partial charge on any atom is 0.408 e. The van der Waals surface area contributed by atoms with Crippen molar-refractivity contribution in [3.8, 4) is 0 Å². The first kappa shape index (κ1) is 31.9. The fourth-order valence-corrected chi connectivity index (χ4v) is 3.51. The summed E-state index contributed by atoms with van der Waals surface area (Å²) in [5, 5.41) is 5.07. The van der Waals surface area contributed by atoms with Gasteiger partial charge in [-0.15, -0.1) is 6.58 Å². The molecule has 1 heterocycles. The lowest BCUT2D eigenvalue weighted by Crippen LogP contribution is -2.59. The zero-order chi connectivity index (χ0) is 28.8. The largest absolute Gasteiger partial charge is 0.460 e. The molecule has 0 aromatic carbocycles. The number of rotatable bonds is 8. The number of piperidine rings is 1. The molecule has 0 radical (unpaired) electrons. The number of hydrogen-bond donors (Lipinski definition) is 2. The standard InChI is InChI=1S/C26H43N3O8/c1-11-16-12-13-29(21(32)20(16)28-23(34)37-26(8,9)10)15-18(30)27-17(22(33)36-25(5,6)7)14-19(31)35-24(2,3)4/h11,16-17,20H,1,12-15H2,2-10H3,(H,27,30)(H,28,34)/t16-,17+,20+/m1/s1. The van der Waals surface area contributed by atoms with Crippen molar-refractivity contribution >= 4 is 29.8 Å². The first-order chi connectivity index (χ1) is 16.7. The van der Waals surface area contributed by atoms with Crippen molar-refractivity contribution < 1.29 is 38.2 Å². The zero-order valence-corrected chi connectivity index (χ0v) is 23.6. The summed E-state index contributed by atoms with van der Waals surface area (Å²) >= 11 is 0. The van der Waals surface area contributed by atoms with Crippen LogP contribution in [0.5, 0.6) is 0 Å². The number of hydrogen-bond acceptors (Lipinski definition) is 8. The maximum atomic E-state index is 13.1. The molecule has 0 aromatic heterocycles. The molecule has 0 spiro atoms. The molecule has 11 nitrogen and oxygen atoms in total. The van der Waals surface area contributed by atoms with Gasteiger partial charge in [-0.3, -0.25) is 14.4 Å². The number of amides is 3. The van der Waals surface area contributed by atoms with Gasteiger partial charge in [0.15, 0.2) is 0 Å². The van der Waals surface area contributed by atoms with Crippen LogP contribution >= 0.6 is 0 Å². The highest BCUT2D eigenvalue weighted by Gasteiger charge is 2.38. The second-order valence-corrected chi connectivity index (χ2v) is 12.0. The SMILES string of the molecule is C=C[C@@H]1CCN(CC(=O)N[C@@H](CC(=O)OC(C)(C)C)C(=O)OC(C)(C)C)C(=O)[C@H]1NC(=O)OC(C)(C)C. The van der Waals surface area contributed by atoms with Crippen LogP contribution in [0.25, 0.3) is 0 Å². The molecule has 210 valence electrons. The molecule has 11 heteroatoms. The molecule has 0 aromatic rings. The Morgan fingerprint density at radius 1 is 0.973 bits per heavy atom. The van der Waals surface area contributed by atoms with E-state index in [0.29, 0.717) is 6.42 Å². The lowest BCUT2D eigenvalue weighted by molar-refractivity contribution is -0.165. The van der Waals surface area contributed by atoms with Gasteiger partial charge in [0, 0.05) is 12.5 Å². The number of esters is 2. The minimum Gasteiger partial charge on any atom is -0.460 e. The quantitative estimate of drug-likeness (QED) is 0.280. The highest BCUT2D eigenvalue weighted by Crippen LogP contribution is 2.21. The van der Waals surface area contributed by atoms with Gasteiger partial charge < -0.3 is 29.7 Å². The lowest BCUT2D eigenvalue weighted by Gasteiger charge is -2.37.